The van der Waals surface area contributed by atoms with E-state index in [0.29, 0.717) is 0 Å². The topological polar surface area (TPSA) is 99.4 Å². The molecule has 3 unspecified atom stereocenters. The van der Waals surface area contributed by atoms with Crippen molar-refractivity contribution in [3.63, 3.8) is 0 Å². The van der Waals surface area contributed by atoms with Gasteiger partial charge in [-0.15, -0.1) is 6.58 Å². The zero-order valence-corrected chi connectivity index (χ0v) is 11.9. The maximum Gasteiger partial charge on any atom is 0.187 e. The van der Waals surface area contributed by atoms with Crippen molar-refractivity contribution in [3.05, 3.63) is 12.7 Å². The minimum atomic E-state index is -1.41. The summed E-state index contributed by atoms with van der Waals surface area (Å²) in [6.45, 7) is 5.32. The van der Waals surface area contributed by atoms with Gasteiger partial charge in [0.05, 0.1) is 12.7 Å². The van der Waals surface area contributed by atoms with Crippen LogP contribution in [-0.2, 0) is 9.47 Å². The van der Waals surface area contributed by atoms with Crippen LogP contribution >= 0.6 is 0 Å². The molecule has 20 heavy (non-hydrogen) atoms. The summed E-state index contributed by atoms with van der Waals surface area (Å²) in [6.07, 6.45) is -0.983. The van der Waals surface area contributed by atoms with E-state index in [0.717, 1.165) is 25.7 Å². The Morgan fingerprint density at radius 2 is 1.90 bits per heavy atom. The van der Waals surface area contributed by atoms with E-state index in [9.17, 15) is 15.3 Å². The molecular weight excluding hydrogens is 264 g/mol. The molecule has 0 radical (unpaired) electrons. The fourth-order valence-corrected chi connectivity index (χ4v) is 2.19. The molecule has 1 heterocycles. The molecule has 1 fully saturated rings. The van der Waals surface area contributed by atoms with Crippen LogP contribution in [0.3, 0.4) is 0 Å². The van der Waals surface area contributed by atoms with E-state index in [2.05, 4.69) is 13.5 Å². The molecule has 0 spiro atoms. The number of aliphatic hydroxyl groups excluding tert-OH is 4. The Kier molecular flexibility index (Phi) is 7.65. The summed E-state index contributed by atoms with van der Waals surface area (Å²) in [4.78, 5) is 0. The van der Waals surface area contributed by atoms with Crippen LogP contribution < -0.4 is 0 Å². The van der Waals surface area contributed by atoms with Gasteiger partial charge < -0.3 is 29.9 Å². The Labute approximate surface area is 119 Å². The van der Waals surface area contributed by atoms with E-state index in [-0.39, 0.29) is 6.10 Å². The maximum absolute atomic E-state index is 9.86. The van der Waals surface area contributed by atoms with Gasteiger partial charge in [0.15, 0.2) is 6.29 Å². The van der Waals surface area contributed by atoms with Crippen molar-refractivity contribution in [2.45, 2.75) is 69.4 Å². The van der Waals surface area contributed by atoms with E-state index in [1.165, 1.54) is 0 Å². The van der Waals surface area contributed by atoms with Crippen molar-refractivity contribution in [3.8, 4) is 0 Å². The van der Waals surface area contributed by atoms with E-state index in [4.69, 9.17) is 14.6 Å². The van der Waals surface area contributed by atoms with E-state index >= 15 is 0 Å². The highest BCUT2D eigenvalue weighted by molar-refractivity contribution is 4.90. The molecule has 0 aromatic carbocycles. The fourth-order valence-electron chi connectivity index (χ4n) is 2.19. The Balaban J connectivity index is 2.57. The number of hydrogen-bond acceptors (Lipinski definition) is 6. The third-order valence-electron chi connectivity index (χ3n) is 3.51. The van der Waals surface area contributed by atoms with Crippen LogP contribution in [0.2, 0.25) is 0 Å². The molecule has 0 aliphatic carbocycles. The minimum absolute atomic E-state index is 0.303. The first kappa shape index (κ1) is 17.6. The van der Waals surface area contributed by atoms with E-state index in [1.54, 1.807) is 6.08 Å². The zero-order valence-electron chi connectivity index (χ0n) is 11.9. The molecule has 1 aliphatic rings. The van der Waals surface area contributed by atoms with Gasteiger partial charge in [-0.25, -0.2) is 0 Å². The van der Waals surface area contributed by atoms with Crippen molar-refractivity contribution >= 4 is 0 Å². The number of unbranched alkanes of at least 4 members (excludes halogenated alkanes) is 2. The van der Waals surface area contributed by atoms with Crippen LogP contribution in [0.25, 0.3) is 0 Å². The van der Waals surface area contributed by atoms with Gasteiger partial charge in [0, 0.05) is 0 Å². The lowest BCUT2D eigenvalue weighted by molar-refractivity contribution is -0.307. The van der Waals surface area contributed by atoms with E-state index in [1.807, 2.05) is 0 Å². The van der Waals surface area contributed by atoms with Gasteiger partial charge in [-0.05, 0) is 6.42 Å². The third kappa shape index (κ3) is 4.51. The summed E-state index contributed by atoms with van der Waals surface area (Å²) in [5.41, 5.74) is 0. The Morgan fingerprint density at radius 1 is 1.20 bits per heavy atom. The lowest BCUT2D eigenvalue weighted by atomic mass is 9.99. The maximum atomic E-state index is 9.86. The minimum Gasteiger partial charge on any atom is -0.394 e. The first-order chi connectivity index (χ1) is 9.54. The highest BCUT2D eigenvalue weighted by atomic mass is 16.7. The number of hydrogen-bond donors (Lipinski definition) is 4. The van der Waals surface area contributed by atoms with Gasteiger partial charge in [-0.2, -0.15) is 0 Å². The van der Waals surface area contributed by atoms with Crippen LogP contribution in [-0.4, -0.2) is 63.8 Å². The molecule has 118 valence electrons. The molecule has 0 aromatic rings. The van der Waals surface area contributed by atoms with Gasteiger partial charge in [0.1, 0.15) is 24.4 Å². The molecule has 6 heteroatoms. The van der Waals surface area contributed by atoms with Gasteiger partial charge >= 0.3 is 0 Å². The Hall–Kier alpha value is -0.500. The second kappa shape index (κ2) is 8.71. The first-order valence-corrected chi connectivity index (χ1v) is 7.13. The van der Waals surface area contributed by atoms with Crippen LogP contribution in [0.15, 0.2) is 12.7 Å². The van der Waals surface area contributed by atoms with Crippen molar-refractivity contribution in [2.75, 3.05) is 6.61 Å². The highest BCUT2D eigenvalue weighted by Crippen LogP contribution is 2.24. The molecule has 1 rings (SSSR count). The summed E-state index contributed by atoms with van der Waals surface area (Å²) in [7, 11) is 0. The van der Waals surface area contributed by atoms with Crippen LogP contribution in [0.5, 0.6) is 0 Å². The van der Waals surface area contributed by atoms with Crippen molar-refractivity contribution < 1.29 is 29.9 Å². The highest BCUT2D eigenvalue weighted by Gasteiger charge is 2.44. The summed E-state index contributed by atoms with van der Waals surface area (Å²) in [5.74, 6) is 0. The number of rotatable bonds is 8. The van der Waals surface area contributed by atoms with Crippen molar-refractivity contribution in [2.24, 2.45) is 0 Å². The second-order valence-electron chi connectivity index (χ2n) is 5.10. The third-order valence-corrected chi connectivity index (χ3v) is 3.51. The number of ether oxygens (including phenoxy) is 2. The fraction of sp³-hybridized carbons (Fsp3) is 0.857. The standard InChI is InChI=1S/C14H26O6/c1-3-5-6-7-9(4-2)19-14-13(18)12(17)11(16)10(8-15)20-14/h4,9-18H,2-3,5-8H2,1H3/t9?,10?,11-,12?,13+,14+/m1/s1. The average molecular weight is 290 g/mol. The summed E-state index contributed by atoms with van der Waals surface area (Å²) >= 11 is 0. The number of aliphatic hydroxyl groups is 4. The van der Waals surface area contributed by atoms with Gasteiger partial charge in [-0.1, -0.05) is 32.3 Å². The van der Waals surface area contributed by atoms with Gasteiger partial charge in [0.25, 0.3) is 0 Å². The van der Waals surface area contributed by atoms with E-state index < -0.39 is 37.3 Å². The molecule has 0 aromatic heterocycles. The van der Waals surface area contributed by atoms with Crippen molar-refractivity contribution in [1.29, 1.82) is 0 Å². The smallest absolute Gasteiger partial charge is 0.187 e. The molecular formula is C14H26O6. The predicted molar refractivity (Wildman–Crippen MR) is 73.0 cm³/mol. The molecule has 6 nitrogen and oxygen atoms in total. The monoisotopic (exact) mass is 290 g/mol. The van der Waals surface area contributed by atoms with Crippen molar-refractivity contribution in [1.82, 2.24) is 0 Å². The summed E-state index contributed by atoms with van der Waals surface area (Å²) in [6, 6.07) is 0. The molecule has 0 bridgehead atoms. The molecule has 0 amide bonds. The molecule has 1 aliphatic heterocycles. The lowest BCUT2D eigenvalue weighted by Gasteiger charge is -2.40. The van der Waals surface area contributed by atoms with Crippen LogP contribution in [0, 0.1) is 0 Å². The SMILES string of the molecule is C=CC(CCCCC)O[C@H]1OC(CO)[C@@H](O)C(O)[C@@H]1O. The van der Waals surface area contributed by atoms with Gasteiger partial charge in [0.2, 0.25) is 0 Å². The predicted octanol–water partition coefficient (Wildman–Crippen LogP) is -0.0622. The van der Waals surface area contributed by atoms with Crippen LogP contribution in [0.1, 0.15) is 32.6 Å². The summed E-state index contributed by atoms with van der Waals surface area (Å²) in [5, 5.41) is 38.3. The summed E-state index contributed by atoms with van der Waals surface area (Å²) < 4.78 is 10.9. The first-order valence-electron chi connectivity index (χ1n) is 7.13. The molecule has 6 atom stereocenters. The molecule has 4 N–H and O–H groups in total. The molecule has 0 saturated carbocycles. The Morgan fingerprint density at radius 3 is 2.45 bits per heavy atom. The normalized spacial score (nSPS) is 35.8. The second-order valence-corrected chi connectivity index (χ2v) is 5.10. The Bertz CT molecular complexity index is 283. The van der Waals surface area contributed by atoms with Crippen LogP contribution in [0.4, 0.5) is 0 Å². The largest absolute Gasteiger partial charge is 0.394 e. The average Bonchev–Trinajstić information content (AvgIpc) is 2.46. The molecule has 1 saturated heterocycles. The lowest BCUT2D eigenvalue weighted by Crippen LogP contribution is -2.59. The zero-order chi connectivity index (χ0) is 15.1. The quantitative estimate of drug-likeness (QED) is 0.369. The van der Waals surface area contributed by atoms with Gasteiger partial charge in [-0.3, -0.25) is 0 Å².